The summed E-state index contributed by atoms with van der Waals surface area (Å²) in [5.41, 5.74) is 2.48. The lowest BCUT2D eigenvalue weighted by molar-refractivity contribution is 0.0953. The van der Waals surface area contributed by atoms with Crippen molar-refractivity contribution in [1.82, 2.24) is 14.9 Å². The molecule has 1 amide bonds. The third kappa shape index (κ3) is 3.64. The fraction of sp³-hybridized carbons (Fsp3) is 0.200. The van der Waals surface area contributed by atoms with E-state index in [0.717, 1.165) is 16.9 Å². The molecule has 0 unspecified atom stereocenters. The van der Waals surface area contributed by atoms with Crippen LogP contribution in [0.2, 0.25) is 0 Å². The molecule has 0 aliphatic rings. The van der Waals surface area contributed by atoms with Crippen LogP contribution in [0, 0.1) is 12.3 Å². The maximum absolute atomic E-state index is 12.3. The monoisotopic (exact) mass is 333 g/mol. The lowest BCUT2D eigenvalue weighted by atomic mass is 10.2. The van der Waals surface area contributed by atoms with Crippen LogP contribution in [0.3, 0.4) is 0 Å². The number of nitrogens with one attached hydrogen (secondary N) is 1. The zero-order chi connectivity index (χ0) is 17.6. The zero-order valence-corrected chi connectivity index (χ0v) is 14.0. The number of rotatable bonds is 6. The summed E-state index contributed by atoms with van der Waals surface area (Å²) in [5, 5.41) is 2.91. The number of fused-ring (bicyclic) bond motifs is 1. The van der Waals surface area contributed by atoms with E-state index in [-0.39, 0.29) is 5.91 Å². The summed E-state index contributed by atoms with van der Waals surface area (Å²) < 4.78 is 7.15. The first-order chi connectivity index (χ1) is 12.2. The van der Waals surface area contributed by atoms with Crippen molar-refractivity contribution in [2.75, 3.05) is 13.7 Å². The van der Waals surface area contributed by atoms with Gasteiger partial charge in [0.1, 0.15) is 11.6 Å². The maximum Gasteiger partial charge on any atom is 0.251 e. The van der Waals surface area contributed by atoms with Gasteiger partial charge in [-0.25, -0.2) is 4.98 Å². The third-order valence-electron chi connectivity index (χ3n) is 3.95. The van der Waals surface area contributed by atoms with Crippen molar-refractivity contribution in [1.29, 1.82) is 0 Å². The summed E-state index contributed by atoms with van der Waals surface area (Å²) in [7, 11) is 1.58. The van der Waals surface area contributed by atoms with Crippen LogP contribution in [0.25, 0.3) is 11.0 Å². The minimum atomic E-state index is -0.140. The Morgan fingerprint density at radius 1 is 1.28 bits per heavy atom. The molecule has 3 aromatic rings. The number of nitrogens with zero attached hydrogens (tertiary/aromatic N) is 2. The molecule has 0 aliphatic heterocycles. The number of aromatic nitrogens is 2. The molecule has 0 saturated carbocycles. The second-order valence-electron chi connectivity index (χ2n) is 5.54. The molecule has 3 rings (SSSR count). The summed E-state index contributed by atoms with van der Waals surface area (Å²) in [6.07, 6.45) is 6.08. The average molecular weight is 333 g/mol. The molecule has 0 radical (unpaired) electrons. The zero-order valence-electron chi connectivity index (χ0n) is 14.0. The minimum absolute atomic E-state index is 0.140. The number of carbonyl (C=O) groups is 1. The topological polar surface area (TPSA) is 56.2 Å². The van der Waals surface area contributed by atoms with Crippen molar-refractivity contribution in [3.05, 3.63) is 59.9 Å². The molecule has 0 spiro atoms. The summed E-state index contributed by atoms with van der Waals surface area (Å²) in [6, 6.07) is 14.9. The highest BCUT2D eigenvalue weighted by Gasteiger charge is 2.11. The number of terminal acetylenes is 1. The lowest BCUT2D eigenvalue weighted by Crippen LogP contribution is -2.26. The van der Waals surface area contributed by atoms with Gasteiger partial charge in [0.15, 0.2) is 0 Å². The molecule has 0 bridgehead atoms. The van der Waals surface area contributed by atoms with Crippen LogP contribution >= 0.6 is 0 Å². The number of imidazole rings is 1. The number of hydrogen-bond donors (Lipinski definition) is 1. The van der Waals surface area contributed by atoms with Crippen LogP contribution in [-0.4, -0.2) is 29.1 Å². The predicted octanol–water partition coefficient (Wildman–Crippen LogP) is 2.65. The highest BCUT2D eigenvalue weighted by molar-refractivity contribution is 5.94. The summed E-state index contributed by atoms with van der Waals surface area (Å²) >= 11 is 0. The molecule has 2 aromatic carbocycles. The van der Waals surface area contributed by atoms with Gasteiger partial charge in [-0.1, -0.05) is 24.1 Å². The van der Waals surface area contributed by atoms with Crippen molar-refractivity contribution in [3.63, 3.8) is 0 Å². The first kappa shape index (κ1) is 16.6. The first-order valence-corrected chi connectivity index (χ1v) is 8.03. The molecule has 0 fully saturated rings. The lowest BCUT2D eigenvalue weighted by Gasteiger charge is -2.08. The SMILES string of the molecule is C#CCn1c(CCNC(=O)c2cccc(OC)c2)nc2ccccc21. The normalized spacial score (nSPS) is 10.4. The number of carbonyl (C=O) groups excluding carboxylic acids is 1. The Kier molecular flexibility index (Phi) is 5.00. The standard InChI is InChI=1S/C20H19N3O2/c1-3-13-23-18-10-5-4-9-17(18)22-19(23)11-12-21-20(24)15-7-6-8-16(14-15)25-2/h1,4-10,14H,11-13H2,2H3,(H,21,24). The van der Waals surface area contributed by atoms with Crippen molar-refractivity contribution < 1.29 is 9.53 Å². The highest BCUT2D eigenvalue weighted by atomic mass is 16.5. The molecule has 5 heteroatoms. The van der Waals surface area contributed by atoms with Gasteiger partial charge in [0.2, 0.25) is 0 Å². The van der Waals surface area contributed by atoms with E-state index < -0.39 is 0 Å². The number of hydrogen-bond acceptors (Lipinski definition) is 3. The largest absolute Gasteiger partial charge is 0.497 e. The fourth-order valence-corrected chi connectivity index (χ4v) is 2.74. The second-order valence-corrected chi connectivity index (χ2v) is 5.54. The highest BCUT2D eigenvalue weighted by Crippen LogP contribution is 2.16. The molecule has 0 aliphatic carbocycles. The van der Waals surface area contributed by atoms with Crippen LogP contribution < -0.4 is 10.1 Å². The Balaban J connectivity index is 1.69. The molecule has 1 aromatic heterocycles. The summed E-state index contributed by atoms with van der Waals surface area (Å²) in [5.74, 6) is 4.04. The van der Waals surface area contributed by atoms with Gasteiger partial charge >= 0.3 is 0 Å². The van der Waals surface area contributed by atoms with Crippen molar-refractivity contribution in [2.24, 2.45) is 0 Å². The van der Waals surface area contributed by atoms with E-state index in [9.17, 15) is 4.79 Å². The van der Waals surface area contributed by atoms with E-state index in [4.69, 9.17) is 11.2 Å². The fourth-order valence-electron chi connectivity index (χ4n) is 2.74. The van der Waals surface area contributed by atoms with Gasteiger partial charge in [-0.15, -0.1) is 6.42 Å². The van der Waals surface area contributed by atoms with Crippen molar-refractivity contribution in [3.8, 4) is 18.1 Å². The van der Waals surface area contributed by atoms with E-state index in [1.807, 2.05) is 28.8 Å². The third-order valence-corrected chi connectivity index (χ3v) is 3.95. The Morgan fingerprint density at radius 3 is 2.92 bits per heavy atom. The number of benzene rings is 2. The smallest absolute Gasteiger partial charge is 0.251 e. The molecular formula is C20H19N3O2. The van der Waals surface area contributed by atoms with Crippen LogP contribution in [0.1, 0.15) is 16.2 Å². The number of para-hydroxylation sites is 2. The molecule has 0 atom stereocenters. The Hall–Kier alpha value is -3.26. The quantitative estimate of drug-likeness (QED) is 0.706. The van der Waals surface area contributed by atoms with Gasteiger partial charge in [-0.05, 0) is 30.3 Å². The molecule has 25 heavy (non-hydrogen) atoms. The minimum Gasteiger partial charge on any atom is -0.497 e. The van der Waals surface area contributed by atoms with Crippen molar-refractivity contribution >= 4 is 16.9 Å². The Bertz CT molecular complexity index is 938. The summed E-state index contributed by atoms with van der Waals surface area (Å²) in [6.45, 7) is 0.934. The maximum atomic E-state index is 12.3. The molecule has 1 heterocycles. The van der Waals surface area contributed by atoms with Crippen LogP contribution in [0.5, 0.6) is 5.75 Å². The van der Waals surface area contributed by atoms with Gasteiger partial charge in [0, 0.05) is 18.5 Å². The molecule has 1 N–H and O–H groups in total. The van der Waals surface area contributed by atoms with Crippen molar-refractivity contribution in [2.45, 2.75) is 13.0 Å². The van der Waals surface area contributed by atoms with Gasteiger partial charge in [0.25, 0.3) is 5.91 Å². The number of methoxy groups -OCH3 is 1. The van der Waals surface area contributed by atoms with Gasteiger partial charge in [-0.3, -0.25) is 4.79 Å². The molecule has 5 nitrogen and oxygen atoms in total. The van der Waals surface area contributed by atoms with E-state index in [0.29, 0.717) is 30.8 Å². The van der Waals surface area contributed by atoms with Crippen LogP contribution in [0.4, 0.5) is 0 Å². The molecule has 126 valence electrons. The number of ether oxygens (including phenoxy) is 1. The molecular weight excluding hydrogens is 314 g/mol. The second kappa shape index (κ2) is 7.54. The van der Waals surface area contributed by atoms with Crippen LogP contribution in [0.15, 0.2) is 48.5 Å². The van der Waals surface area contributed by atoms with Gasteiger partial charge < -0.3 is 14.6 Å². The average Bonchev–Trinajstić information content (AvgIpc) is 3.00. The van der Waals surface area contributed by atoms with Gasteiger partial charge in [0.05, 0.1) is 24.7 Å². The Morgan fingerprint density at radius 2 is 2.12 bits per heavy atom. The van der Waals surface area contributed by atoms with Crippen LogP contribution in [-0.2, 0) is 13.0 Å². The predicted molar refractivity (Wildman–Crippen MR) is 97.6 cm³/mol. The van der Waals surface area contributed by atoms with E-state index in [2.05, 4.69) is 16.2 Å². The molecule has 0 saturated heterocycles. The Labute approximate surface area is 146 Å². The summed E-state index contributed by atoms with van der Waals surface area (Å²) in [4.78, 5) is 16.9. The van der Waals surface area contributed by atoms with Gasteiger partial charge in [-0.2, -0.15) is 0 Å². The number of amides is 1. The first-order valence-electron chi connectivity index (χ1n) is 8.03. The van der Waals surface area contributed by atoms with E-state index >= 15 is 0 Å². The van der Waals surface area contributed by atoms with E-state index in [1.165, 1.54) is 0 Å². The van der Waals surface area contributed by atoms with E-state index in [1.54, 1.807) is 31.4 Å².